The second-order valence-electron chi connectivity index (χ2n) is 5.72. The quantitative estimate of drug-likeness (QED) is 0.803. The highest BCUT2D eigenvalue weighted by Gasteiger charge is 2.22. The first-order valence-corrected chi connectivity index (χ1v) is 8.10. The van der Waals surface area contributed by atoms with Gasteiger partial charge in [-0.1, -0.05) is 20.3 Å². The molecule has 2 rings (SSSR count). The first-order valence-electron chi connectivity index (χ1n) is 8.10. The Balaban J connectivity index is 2.13. The lowest BCUT2D eigenvalue weighted by Crippen LogP contribution is -2.39. The van der Waals surface area contributed by atoms with Crippen LogP contribution in [0.4, 0.5) is 11.8 Å². The Hall–Kier alpha value is -1.32. The molecule has 1 aliphatic heterocycles. The van der Waals surface area contributed by atoms with Crippen molar-refractivity contribution < 1.29 is 0 Å². The third kappa shape index (κ3) is 3.84. The van der Waals surface area contributed by atoms with Crippen LogP contribution in [-0.4, -0.2) is 29.1 Å². The SMILES string of the molecule is CCCCNc1nc(C)cc(N2CCCCC2CC)n1. The Labute approximate surface area is 123 Å². The van der Waals surface area contributed by atoms with Crippen molar-refractivity contribution in [2.45, 2.75) is 65.3 Å². The van der Waals surface area contributed by atoms with Crippen LogP contribution >= 0.6 is 0 Å². The lowest BCUT2D eigenvalue weighted by Gasteiger charge is -2.36. The summed E-state index contributed by atoms with van der Waals surface area (Å²) in [5.41, 5.74) is 1.05. The van der Waals surface area contributed by atoms with E-state index in [2.05, 4.69) is 42.0 Å². The van der Waals surface area contributed by atoms with Crippen LogP contribution in [0, 0.1) is 6.92 Å². The summed E-state index contributed by atoms with van der Waals surface area (Å²) in [6.45, 7) is 8.61. The fourth-order valence-electron chi connectivity index (χ4n) is 2.88. The lowest BCUT2D eigenvalue weighted by molar-refractivity contribution is 0.446. The van der Waals surface area contributed by atoms with Crippen molar-refractivity contribution in [2.24, 2.45) is 0 Å². The molecule has 0 aromatic carbocycles. The van der Waals surface area contributed by atoms with Crippen LogP contribution in [0.15, 0.2) is 6.07 Å². The molecule has 1 atom stereocenters. The number of nitrogens with one attached hydrogen (secondary N) is 1. The van der Waals surface area contributed by atoms with Gasteiger partial charge in [-0.25, -0.2) is 4.98 Å². The van der Waals surface area contributed by atoms with E-state index < -0.39 is 0 Å². The van der Waals surface area contributed by atoms with Gasteiger partial charge >= 0.3 is 0 Å². The molecule has 0 amide bonds. The Kier molecular flexibility index (Phi) is 5.62. The highest BCUT2D eigenvalue weighted by molar-refractivity contribution is 5.46. The van der Waals surface area contributed by atoms with Gasteiger partial charge in [-0.2, -0.15) is 4.98 Å². The Morgan fingerprint density at radius 1 is 1.30 bits per heavy atom. The van der Waals surface area contributed by atoms with Crippen molar-refractivity contribution in [1.29, 1.82) is 0 Å². The summed E-state index contributed by atoms with van der Waals surface area (Å²) >= 11 is 0. The Morgan fingerprint density at radius 2 is 2.15 bits per heavy atom. The predicted octanol–water partition coefficient (Wildman–Crippen LogP) is 3.77. The van der Waals surface area contributed by atoms with E-state index in [1.807, 2.05) is 0 Å². The van der Waals surface area contributed by atoms with Gasteiger partial charge in [0.2, 0.25) is 5.95 Å². The van der Waals surface area contributed by atoms with Gasteiger partial charge in [0.15, 0.2) is 0 Å². The third-order valence-electron chi connectivity index (χ3n) is 4.05. The standard InChI is InChI=1S/C16H28N4/c1-4-6-10-17-16-18-13(3)12-15(19-16)20-11-8-7-9-14(20)5-2/h12,14H,4-11H2,1-3H3,(H,17,18,19). The summed E-state index contributed by atoms with van der Waals surface area (Å²) in [5.74, 6) is 1.89. The first-order chi connectivity index (χ1) is 9.74. The molecule has 4 nitrogen and oxygen atoms in total. The van der Waals surface area contributed by atoms with Gasteiger partial charge < -0.3 is 10.2 Å². The molecule has 1 aromatic rings. The van der Waals surface area contributed by atoms with Crippen LogP contribution in [0.2, 0.25) is 0 Å². The van der Waals surface area contributed by atoms with E-state index in [-0.39, 0.29) is 0 Å². The maximum absolute atomic E-state index is 4.73. The van der Waals surface area contributed by atoms with Crippen LogP contribution < -0.4 is 10.2 Å². The van der Waals surface area contributed by atoms with E-state index in [0.717, 1.165) is 37.0 Å². The fraction of sp³-hybridized carbons (Fsp3) is 0.750. The lowest BCUT2D eigenvalue weighted by atomic mass is 10.00. The summed E-state index contributed by atoms with van der Waals surface area (Å²) in [7, 11) is 0. The average molecular weight is 276 g/mol. The van der Waals surface area contributed by atoms with Crippen LogP contribution in [0.3, 0.4) is 0 Å². The highest BCUT2D eigenvalue weighted by atomic mass is 15.2. The zero-order valence-corrected chi connectivity index (χ0v) is 13.2. The maximum atomic E-state index is 4.73. The molecule has 0 bridgehead atoms. The summed E-state index contributed by atoms with van der Waals surface area (Å²) in [6, 6.07) is 2.76. The molecule has 112 valence electrons. The predicted molar refractivity (Wildman–Crippen MR) is 85.4 cm³/mol. The topological polar surface area (TPSA) is 41.1 Å². The molecule has 20 heavy (non-hydrogen) atoms. The first kappa shape index (κ1) is 15.1. The monoisotopic (exact) mass is 276 g/mol. The van der Waals surface area contributed by atoms with E-state index >= 15 is 0 Å². The number of nitrogens with zero attached hydrogens (tertiary/aromatic N) is 3. The maximum Gasteiger partial charge on any atom is 0.224 e. The molecule has 1 aliphatic rings. The zero-order valence-electron chi connectivity index (χ0n) is 13.2. The minimum atomic E-state index is 0.640. The van der Waals surface area contributed by atoms with E-state index in [1.54, 1.807) is 0 Å². The fourth-order valence-corrected chi connectivity index (χ4v) is 2.88. The molecule has 0 saturated carbocycles. The molecular formula is C16H28N4. The second-order valence-corrected chi connectivity index (χ2v) is 5.72. The number of rotatable bonds is 6. The van der Waals surface area contributed by atoms with Gasteiger partial charge in [-0.15, -0.1) is 0 Å². The molecule has 1 N–H and O–H groups in total. The van der Waals surface area contributed by atoms with Gasteiger partial charge in [-0.3, -0.25) is 0 Å². The van der Waals surface area contributed by atoms with E-state index in [4.69, 9.17) is 4.98 Å². The van der Waals surface area contributed by atoms with Crippen molar-refractivity contribution in [3.05, 3.63) is 11.8 Å². The summed E-state index contributed by atoms with van der Waals surface area (Å²) < 4.78 is 0. The van der Waals surface area contributed by atoms with Crippen molar-refractivity contribution in [3.63, 3.8) is 0 Å². The number of unbranched alkanes of at least 4 members (excludes halogenated alkanes) is 1. The van der Waals surface area contributed by atoms with E-state index in [9.17, 15) is 0 Å². The van der Waals surface area contributed by atoms with Crippen molar-refractivity contribution >= 4 is 11.8 Å². The van der Waals surface area contributed by atoms with Crippen molar-refractivity contribution in [1.82, 2.24) is 9.97 Å². The molecular weight excluding hydrogens is 248 g/mol. The third-order valence-corrected chi connectivity index (χ3v) is 4.05. The Morgan fingerprint density at radius 3 is 2.90 bits per heavy atom. The largest absolute Gasteiger partial charge is 0.354 e. The average Bonchev–Trinajstić information content (AvgIpc) is 2.47. The van der Waals surface area contributed by atoms with Gasteiger partial charge in [0.25, 0.3) is 0 Å². The van der Waals surface area contributed by atoms with Crippen LogP contribution in [-0.2, 0) is 0 Å². The van der Waals surface area contributed by atoms with Gasteiger partial charge in [0.05, 0.1) is 0 Å². The highest BCUT2D eigenvalue weighted by Crippen LogP contribution is 2.26. The molecule has 1 aromatic heterocycles. The molecule has 1 saturated heterocycles. The van der Waals surface area contributed by atoms with Crippen LogP contribution in [0.5, 0.6) is 0 Å². The second kappa shape index (κ2) is 7.46. The molecule has 4 heteroatoms. The molecule has 0 radical (unpaired) electrons. The van der Waals surface area contributed by atoms with Crippen LogP contribution in [0.25, 0.3) is 0 Å². The van der Waals surface area contributed by atoms with Crippen LogP contribution in [0.1, 0.15) is 58.1 Å². The van der Waals surface area contributed by atoms with E-state index in [0.29, 0.717) is 6.04 Å². The number of anilines is 2. The van der Waals surface area contributed by atoms with E-state index in [1.165, 1.54) is 32.1 Å². The van der Waals surface area contributed by atoms with Gasteiger partial charge in [-0.05, 0) is 39.0 Å². The van der Waals surface area contributed by atoms with Gasteiger partial charge in [0, 0.05) is 30.9 Å². The van der Waals surface area contributed by atoms with Gasteiger partial charge in [0.1, 0.15) is 5.82 Å². The summed E-state index contributed by atoms with van der Waals surface area (Å²) in [5, 5.41) is 3.35. The summed E-state index contributed by atoms with van der Waals surface area (Å²) in [6.07, 6.45) is 7.46. The molecule has 1 fully saturated rings. The number of hydrogen-bond acceptors (Lipinski definition) is 4. The minimum absolute atomic E-state index is 0.640. The number of piperidine rings is 1. The zero-order chi connectivity index (χ0) is 14.4. The molecule has 0 aliphatic carbocycles. The normalized spacial score (nSPS) is 19.1. The summed E-state index contributed by atoms with van der Waals surface area (Å²) in [4.78, 5) is 11.7. The smallest absolute Gasteiger partial charge is 0.224 e. The van der Waals surface area contributed by atoms with Crippen molar-refractivity contribution in [2.75, 3.05) is 23.3 Å². The molecule has 1 unspecified atom stereocenters. The Bertz CT molecular complexity index is 419. The minimum Gasteiger partial charge on any atom is -0.354 e. The molecule has 2 heterocycles. The number of hydrogen-bond donors (Lipinski definition) is 1. The van der Waals surface area contributed by atoms with Crippen molar-refractivity contribution in [3.8, 4) is 0 Å². The number of aromatic nitrogens is 2. The number of aryl methyl sites for hydroxylation is 1. The molecule has 0 spiro atoms.